The fourth-order valence-electron chi connectivity index (χ4n) is 3.39. The molecule has 0 saturated heterocycles. The number of halogens is 1. The Hall–Kier alpha value is -3.58. The fraction of sp³-hybridized carbons (Fsp3) is 0.0870. The predicted octanol–water partition coefficient (Wildman–Crippen LogP) is 4.72. The molecule has 0 unspecified atom stereocenters. The van der Waals surface area contributed by atoms with Crippen LogP contribution in [0.2, 0.25) is 0 Å². The van der Waals surface area contributed by atoms with Gasteiger partial charge in [-0.25, -0.2) is 8.91 Å². The average Bonchev–Trinajstić information content (AvgIpc) is 3.35. The predicted molar refractivity (Wildman–Crippen MR) is 116 cm³/mol. The van der Waals surface area contributed by atoms with E-state index in [1.807, 2.05) is 47.8 Å². The molecule has 0 aliphatic heterocycles. The minimum atomic E-state index is -0.347. The molecular formula is C23H17FN4OS. The molecular weight excluding hydrogens is 399 g/mol. The van der Waals surface area contributed by atoms with Crippen LogP contribution < -0.4 is 5.32 Å². The quantitative estimate of drug-likeness (QED) is 0.451. The SMILES string of the molecule is O=C(NCCc1csc2nc(-c3ccccc3F)nn12)c1ccc2ccccc2c1. The van der Waals surface area contributed by atoms with Gasteiger partial charge in [0.15, 0.2) is 5.82 Å². The molecule has 7 heteroatoms. The Labute approximate surface area is 175 Å². The summed E-state index contributed by atoms with van der Waals surface area (Å²) in [4.78, 5) is 17.6. The number of rotatable bonds is 5. The second kappa shape index (κ2) is 7.68. The van der Waals surface area contributed by atoms with Crippen LogP contribution in [-0.2, 0) is 6.42 Å². The highest BCUT2D eigenvalue weighted by molar-refractivity contribution is 7.15. The molecule has 1 amide bonds. The van der Waals surface area contributed by atoms with Gasteiger partial charge in [-0.1, -0.05) is 42.5 Å². The standard InChI is InChI=1S/C23H17FN4OS/c24-20-8-4-3-7-19(20)21-26-23-28(27-21)18(14-30-23)11-12-25-22(29)17-10-9-15-5-1-2-6-16(15)13-17/h1-10,13-14H,11-12H2,(H,25,29). The number of nitrogens with one attached hydrogen (secondary N) is 1. The maximum absolute atomic E-state index is 14.0. The molecule has 0 aliphatic carbocycles. The highest BCUT2D eigenvalue weighted by atomic mass is 32.1. The minimum Gasteiger partial charge on any atom is -0.352 e. The Morgan fingerprint density at radius 3 is 2.70 bits per heavy atom. The highest BCUT2D eigenvalue weighted by Gasteiger charge is 2.14. The molecule has 30 heavy (non-hydrogen) atoms. The van der Waals surface area contributed by atoms with Crippen LogP contribution in [0.1, 0.15) is 16.1 Å². The summed E-state index contributed by atoms with van der Waals surface area (Å²) in [7, 11) is 0. The number of hydrogen-bond donors (Lipinski definition) is 1. The van der Waals surface area contributed by atoms with E-state index in [9.17, 15) is 9.18 Å². The van der Waals surface area contributed by atoms with Gasteiger partial charge in [-0.05, 0) is 35.0 Å². The molecule has 0 radical (unpaired) electrons. The minimum absolute atomic E-state index is 0.113. The number of fused-ring (bicyclic) bond motifs is 2. The molecule has 0 saturated carbocycles. The third kappa shape index (κ3) is 3.44. The van der Waals surface area contributed by atoms with Crippen LogP contribution in [0.15, 0.2) is 72.1 Å². The Balaban J connectivity index is 1.29. The Morgan fingerprint density at radius 2 is 1.83 bits per heavy atom. The van der Waals surface area contributed by atoms with Crippen molar-refractivity contribution in [2.45, 2.75) is 6.42 Å². The third-order valence-electron chi connectivity index (χ3n) is 4.94. The van der Waals surface area contributed by atoms with Crippen molar-refractivity contribution in [3.05, 3.63) is 89.2 Å². The number of nitrogens with zero attached hydrogens (tertiary/aromatic N) is 3. The maximum atomic E-state index is 14.0. The van der Waals surface area contributed by atoms with Crippen LogP contribution in [0, 0.1) is 5.82 Å². The van der Waals surface area contributed by atoms with Gasteiger partial charge in [-0.2, -0.15) is 4.98 Å². The van der Waals surface area contributed by atoms with Crippen molar-refractivity contribution in [1.29, 1.82) is 0 Å². The first kappa shape index (κ1) is 18.4. The van der Waals surface area contributed by atoms with Crippen molar-refractivity contribution in [3.8, 4) is 11.4 Å². The van der Waals surface area contributed by atoms with Gasteiger partial charge in [0.1, 0.15) is 5.82 Å². The second-order valence-electron chi connectivity index (χ2n) is 6.90. The number of hydrogen-bond acceptors (Lipinski definition) is 4. The van der Waals surface area contributed by atoms with Gasteiger partial charge in [-0.15, -0.1) is 16.4 Å². The van der Waals surface area contributed by atoms with E-state index in [1.165, 1.54) is 17.4 Å². The first-order chi connectivity index (χ1) is 14.7. The van der Waals surface area contributed by atoms with E-state index in [4.69, 9.17) is 0 Å². The van der Waals surface area contributed by atoms with E-state index in [-0.39, 0.29) is 11.7 Å². The van der Waals surface area contributed by atoms with Crippen molar-refractivity contribution in [2.24, 2.45) is 0 Å². The summed E-state index contributed by atoms with van der Waals surface area (Å²) in [5.74, 6) is -0.0980. The smallest absolute Gasteiger partial charge is 0.251 e. The van der Waals surface area contributed by atoms with Gasteiger partial charge in [-0.3, -0.25) is 4.79 Å². The van der Waals surface area contributed by atoms with Gasteiger partial charge >= 0.3 is 0 Å². The molecule has 0 bridgehead atoms. The van der Waals surface area contributed by atoms with Crippen LogP contribution >= 0.6 is 11.3 Å². The monoisotopic (exact) mass is 416 g/mol. The number of aromatic nitrogens is 3. The van der Waals surface area contributed by atoms with E-state index < -0.39 is 0 Å². The zero-order valence-corrected chi connectivity index (χ0v) is 16.7. The largest absolute Gasteiger partial charge is 0.352 e. The topological polar surface area (TPSA) is 59.3 Å². The maximum Gasteiger partial charge on any atom is 0.251 e. The molecule has 5 nitrogen and oxygen atoms in total. The Morgan fingerprint density at radius 1 is 1.03 bits per heavy atom. The van der Waals surface area contributed by atoms with Gasteiger partial charge in [0.25, 0.3) is 5.91 Å². The number of benzene rings is 3. The lowest BCUT2D eigenvalue weighted by molar-refractivity contribution is 0.0954. The van der Waals surface area contributed by atoms with Gasteiger partial charge in [0, 0.05) is 23.9 Å². The number of thiazole rings is 1. The van der Waals surface area contributed by atoms with Crippen molar-refractivity contribution < 1.29 is 9.18 Å². The molecule has 1 N–H and O–H groups in total. The Bertz CT molecular complexity index is 1370. The molecule has 2 aromatic heterocycles. The van der Waals surface area contributed by atoms with Gasteiger partial charge < -0.3 is 5.32 Å². The summed E-state index contributed by atoms with van der Waals surface area (Å²) < 4.78 is 15.7. The summed E-state index contributed by atoms with van der Waals surface area (Å²) >= 11 is 1.45. The van der Waals surface area contributed by atoms with Crippen LogP contribution in [0.3, 0.4) is 0 Å². The molecule has 0 aliphatic rings. The van der Waals surface area contributed by atoms with E-state index in [0.29, 0.717) is 34.9 Å². The zero-order valence-electron chi connectivity index (χ0n) is 15.9. The zero-order chi connectivity index (χ0) is 20.5. The number of amides is 1. The van der Waals surface area contributed by atoms with Gasteiger partial charge in [0.05, 0.1) is 11.3 Å². The van der Waals surface area contributed by atoms with Crippen LogP contribution in [-0.4, -0.2) is 27.0 Å². The molecule has 0 spiro atoms. The van der Waals surface area contributed by atoms with Crippen LogP contribution in [0.5, 0.6) is 0 Å². The molecule has 0 atom stereocenters. The first-order valence-electron chi connectivity index (χ1n) is 9.54. The molecule has 0 fully saturated rings. The third-order valence-corrected chi connectivity index (χ3v) is 5.81. The van der Waals surface area contributed by atoms with E-state index in [2.05, 4.69) is 15.4 Å². The van der Waals surface area contributed by atoms with E-state index in [1.54, 1.807) is 22.7 Å². The molecule has 5 rings (SSSR count). The lowest BCUT2D eigenvalue weighted by Crippen LogP contribution is -2.26. The first-order valence-corrected chi connectivity index (χ1v) is 10.4. The average molecular weight is 416 g/mol. The van der Waals surface area contributed by atoms with Crippen molar-refractivity contribution in [1.82, 2.24) is 19.9 Å². The van der Waals surface area contributed by atoms with Crippen molar-refractivity contribution >= 4 is 33.0 Å². The Kier molecular flexibility index (Phi) is 4.72. The molecule has 3 aromatic carbocycles. The molecule has 2 heterocycles. The van der Waals surface area contributed by atoms with E-state index in [0.717, 1.165) is 16.5 Å². The summed E-state index contributed by atoms with van der Waals surface area (Å²) in [6.07, 6.45) is 0.597. The van der Waals surface area contributed by atoms with Gasteiger partial charge in [0.2, 0.25) is 4.96 Å². The summed E-state index contributed by atoms with van der Waals surface area (Å²) in [5.41, 5.74) is 1.93. The number of carbonyl (C=O) groups excluding carboxylic acids is 1. The van der Waals surface area contributed by atoms with Crippen molar-refractivity contribution in [3.63, 3.8) is 0 Å². The lowest BCUT2D eigenvalue weighted by Gasteiger charge is -2.06. The van der Waals surface area contributed by atoms with Crippen LogP contribution in [0.25, 0.3) is 27.1 Å². The van der Waals surface area contributed by atoms with Crippen molar-refractivity contribution in [2.75, 3.05) is 6.54 Å². The van der Waals surface area contributed by atoms with E-state index >= 15 is 0 Å². The lowest BCUT2D eigenvalue weighted by atomic mass is 10.1. The molecule has 148 valence electrons. The molecule has 5 aromatic rings. The normalized spacial score (nSPS) is 11.2. The fourth-order valence-corrected chi connectivity index (χ4v) is 4.25. The number of carbonyl (C=O) groups is 1. The summed E-state index contributed by atoms with van der Waals surface area (Å²) in [5, 5.41) is 11.5. The second-order valence-corrected chi connectivity index (χ2v) is 7.74. The summed E-state index contributed by atoms with van der Waals surface area (Å²) in [6.45, 7) is 0.465. The highest BCUT2D eigenvalue weighted by Crippen LogP contribution is 2.23. The summed E-state index contributed by atoms with van der Waals surface area (Å²) in [6, 6.07) is 20.1. The van der Waals surface area contributed by atoms with Crippen LogP contribution in [0.4, 0.5) is 4.39 Å².